The second-order valence-corrected chi connectivity index (χ2v) is 3.15. The SMILES string of the molecule is CNCCOc1nnc(C)c(C)c1C#N. The highest BCUT2D eigenvalue weighted by Gasteiger charge is 2.11. The van der Waals surface area contributed by atoms with E-state index in [2.05, 4.69) is 21.6 Å². The Hall–Kier alpha value is -1.67. The summed E-state index contributed by atoms with van der Waals surface area (Å²) in [7, 11) is 1.83. The first kappa shape index (κ1) is 11.4. The van der Waals surface area contributed by atoms with E-state index in [4.69, 9.17) is 10.00 Å². The van der Waals surface area contributed by atoms with Crippen molar-refractivity contribution in [2.45, 2.75) is 13.8 Å². The van der Waals surface area contributed by atoms with E-state index in [9.17, 15) is 0 Å². The average molecular weight is 206 g/mol. The molecule has 0 atom stereocenters. The number of nitriles is 1. The van der Waals surface area contributed by atoms with Gasteiger partial charge in [-0.25, -0.2) is 0 Å². The highest BCUT2D eigenvalue weighted by molar-refractivity contribution is 5.44. The highest BCUT2D eigenvalue weighted by Crippen LogP contribution is 2.18. The summed E-state index contributed by atoms with van der Waals surface area (Å²) in [4.78, 5) is 0. The van der Waals surface area contributed by atoms with Crippen molar-refractivity contribution in [3.8, 4) is 11.9 Å². The molecule has 15 heavy (non-hydrogen) atoms. The maximum absolute atomic E-state index is 8.97. The van der Waals surface area contributed by atoms with Crippen LogP contribution in [0.1, 0.15) is 16.8 Å². The van der Waals surface area contributed by atoms with Crippen LogP contribution >= 0.6 is 0 Å². The van der Waals surface area contributed by atoms with Crippen molar-refractivity contribution in [1.82, 2.24) is 15.5 Å². The zero-order chi connectivity index (χ0) is 11.3. The molecule has 0 saturated heterocycles. The van der Waals surface area contributed by atoms with Crippen LogP contribution in [-0.2, 0) is 0 Å². The molecule has 0 aliphatic rings. The van der Waals surface area contributed by atoms with Gasteiger partial charge in [0, 0.05) is 6.54 Å². The Balaban J connectivity index is 2.89. The predicted octanol–water partition coefficient (Wildman–Crippen LogP) is 0.563. The molecule has 0 bridgehead atoms. The summed E-state index contributed by atoms with van der Waals surface area (Å²) in [5.74, 6) is 0.316. The molecule has 0 saturated carbocycles. The van der Waals surface area contributed by atoms with Crippen LogP contribution < -0.4 is 10.1 Å². The monoisotopic (exact) mass is 206 g/mol. The Bertz CT molecular complexity index is 384. The fourth-order valence-corrected chi connectivity index (χ4v) is 1.07. The molecule has 5 heteroatoms. The zero-order valence-corrected chi connectivity index (χ0v) is 9.16. The Morgan fingerprint density at radius 3 is 2.73 bits per heavy atom. The molecule has 1 rings (SSSR count). The van der Waals surface area contributed by atoms with Crippen molar-refractivity contribution in [1.29, 1.82) is 5.26 Å². The third-order valence-corrected chi connectivity index (χ3v) is 2.13. The number of nitrogens with zero attached hydrogens (tertiary/aromatic N) is 3. The van der Waals surface area contributed by atoms with E-state index in [1.54, 1.807) is 0 Å². The first-order chi connectivity index (χ1) is 7.20. The second-order valence-electron chi connectivity index (χ2n) is 3.15. The molecule has 0 aromatic carbocycles. The lowest BCUT2D eigenvalue weighted by Crippen LogP contribution is -2.17. The number of likely N-dealkylation sites (N-methyl/N-ethyl adjacent to an activating group) is 1. The normalized spacial score (nSPS) is 9.73. The summed E-state index contributed by atoms with van der Waals surface area (Å²) >= 11 is 0. The molecule has 1 heterocycles. The molecule has 5 nitrogen and oxygen atoms in total. The van der Waals surface area contributed by atoms with Gasteiger partial charge in [0.1, 0.15) is 18.2 Å². The molecule has 1 N–H and O–H groups in total. The maximum atomic E-state index is 8.97. The molecule has 0 unspecified atom stereocenters. The molecule has 0 spiro atoms. The van der Waals surface area contributed by atoms with Crippen LogP contribution in [0.25, 0.3) is 0 Å². The van der Waals surface area contributed by atoms with Crippen LogP contribution in [0.15, 0.2) is 0 Å². The predicted molar refractivity (Wildman–Crippen MR) is 55.6 cm³/mol. The van der Waals surface area contributed by atoms with Crippen LogP contribution in [0, 0.1) is 25.2 Å². The molecule has 0 fully saturated rings. The smallest absolute Gasteiger partial charge is 0.251 e. The molecule has 1 aromatic heterocycles. The fraction of sp³-hybridized carbons (Fsp3) is 0.500. The van der Waals surface area contributed by atoms with Gasteiger partial charge >= 0.3 is 0 Å². The number of aryl methyl sites for hydroxylation is 1. The Morgan fingerprint density at radius 1 is 1.40 bits per heavy atom. The Morgan fingerprint density at radius 2 is 2.13 bits per heavy atom. The number of nitrogens with one attached hydrogen (secondary N) is 1. The maximum Gasteiger partial charge on any atom is 0.251 e. The minimum atomic E-state index is 0.316. The molecular formula is C10H14N4O. The van der Waals surface area contributed by atoms with Crippen LogP contribution in [0.5, 0.6) is 5.88 Å². The number of ether oxygens (including phenoxy) is 1. The van der Waals surface area contributed by atoms with Crippen LogP contribution in [0.3, 0.4) is 0 Å². The summed E-state index contributed by atoms with van der Waals surface area (Å²) in [6.07, 6.45) is 0. The minimum Gasteiger partial charge on any atom is -0.474 e. The Labute approximate surface area is 89.1 Å². The van der Waals surface area contributed by atoms with E-state index in [0.29, 0.717) is 24.6 Å². The van der Waals surface area contributed by atoms with Gasteiger partial charge in [0.05, 0.1) is 5.69 Å². The standard InChI is InChI=1S/C10H14N4O/c1-7-8(2)13-14-10(9(7)6-11)15-5-4-12-3/h12H,4-5H2,1-3H3. The van der Waals surface area contributed by atoms with Gasteiger partial charge in [-0.1, -0.05) is 0 Å². The van der Waals surface area contributed by atoms with Gasteiger partial charge in [0.2, 0.25) is 0 Å². The summed E-state index contributed by atoms with van der Waals surface area (Å²) in [5, 5.41) is 19.7. The first-order valence-electron chi connectivity index (χ1n) is 4.72. The largest absolute Gasteiger partial charge is 0.474 e. The van der Waals surface area contributed by atoms with Crippen molar-refractivity contribution in [3.05, 3.63) is 16.8 Å². The third-order valence-electron chi connectivity index (χ3n) is 2.13. The van der Waals surface area contributed by atoms with Gasteiger partial charge in [-0.3, -0.25) is 0 Å². The minimum absolute atomic E-state index is 0.316. The van der Waals surface area contributed by atoms with Gasteiger partial charge in [0.15, 0.2) is 0 Å². The molecule has 80 valence electrons. The van der Waals surface area contributed by atoms with Gasteiger partial charge in [-0.2, -0.15) is 10.4 Å². The summed E-state index contributed by atoms with van der Waals surface area (Å²) < 4.78 is 5.35. The van der Waals surface area contributed by atoms with E-state index in [1.165, 1.54) is 0 Å². The van der Waals surface area contributed by atoms with Crippen molar-refractivity contribution in [2.24, 2.45) is 0 Å². The van der Waals surface area contributed by atoms with Crippen LogP contribution in [0.4, 0.5) is 0 Å². The van der Waals surface area contributed by atoms with Crippen LogP contribution in [0.2, 0.25) is 0 Å². The number of aromatic nitrogens is 2. The van der Waals surface area contributed by atoms with Crippen molar-refractivity contribution < 1.29 is 4.74 Å². The zero-order valence-electron chi connectivity index (χ0n) is 9.16. The number of hydrogen-bond donors (Lipinski definition) is 1. The fourth-order valence-electron chi connectivity index (χ4n) is 1.07. The highest BCUT2D eigenvalue weighted by atomic mass is 16.5. The van der Waals surface area contributed by atoms with Crippen molar-refractivity contribution in [3.63, 3.8) is 0 Å². The number of rotatable bonds is 4. The third kappa shape index (κ3) is 2.64. The quantitative estimate of drug-likeness (QED) is 0.729. The van der Waals surface area contributed by atoms with Crippen molar-refractivity contribution >= 4 is 0 Å². The van der Waals surface area contributed by atoms with Gasteiger partial charge in [0.25, 0.3) is 5.88 Å². The topological polar surface area (TPSA) is 70.8 Å². The molecular weight excluding hydrogens is 192 g/mol. The number of hydrogen-bond acceptors (Lipinski definition) is 5. The lowest BCUT2D eigenvalue weighted by Gasteiger charge is -2.08. The summed E-state index contributed by atoms with van der Waals surface area (Å²) in [6.45, 7) is 4.84. The Kier molecular flexibility index (Phi) is 4.01. The van der Waals surface area contributed by atoms with E-state index < -0.39 is 0 Å². The van der Waals surface area contributed by atoms with E-state index in [1.807, 2.05) is 20.9 Å². The van der Waals surface area contributed by atoms with Gasteiger partial charge in [-0.05, 0) is 26.5 Å². The summed E-state index contributed by atoms with van der Waals surface area (Å²) in [5.41, 5.74) is 2.05. The molecule has 0 radical (unpaired) electrons. The molecule has 0 aliphatic heterocycles. The lowest BCUT2D eigenvalue weighted by molar-refractivity contribution is 0.301. The van der Waals surface area contributed by atoms with E-state index in [0.717, 1.165) is 11.3 Å². The lowest BCUT2D eigenvalue weighted by atomic mass is 10.1. The van der Waals surface area contributed by atoms with Crippen LogP contribution in [-0.4, -0.2) is 30.4 Å². The van der Waals surface area contributed by atoms with Gasteiger partial charge in [-0.15, -0.1) is 5.10 Å². The van der Waals surface area contributed by atoms with Crippen molar-refractivity contribution in [2.75, 3.05) is 20.2 Å². The summed E-state index contributed by atoms with van der Waals surface area (Å²) in [6, 6.07) is 2.08. The molecule has 1 aromatic rings. The van der Waals surface area contributed by atoms with E-state index in [-0.39, 0.29) is 0 Å². The average Bonchev–Trinajstić information content (AvgIpc) is 2.24. The van der Waals surface area contributed by atoms with E-state index >= 15 is 0 Å². The molecule has 0 amide bonds. The first-order valence-corrected chi connectivity index (χ1v) is 4.72. The molecule has 0 aliphatic carbocycles. The second kappa shape index (κ2) is 5.27. The van der Waals surface area contributed by atoms with Gasteiger partial charge < -0.3 is 10.1 Å².